The molecule has 0 radical (unpaired) electrons. The van der Waals surface area contributed by atoms with Crippen molar-refractivity contribution in [2.45, 2.75) is 46.9 Å². The van der Waals surface area contributed by atoms with Crippen LogP contribution in [0.5, 0.6) is 5.75 Å². The molecule has 0 atom stereocenters. The van der Waals surface area contributed by atoms with Gasteiger partial charge in [0, 0.05) is 42.6 Å². The average Bonchev–Trinajstić information content (AvgIpc) is 3.66. The number of phenols is 1. The van der Waals surface area contributed by atoms with Gasteiger partial charge in [0.25, 0.3) is 0 Å². The van der Waals surface area contributed by atoms with E-state index in [0.717, 1.165) is 78.1 Å². The van der Waals surface area contributed by atoms with Crippen LogP contribution in [0, 0.1) is 26.8 Å². The zero-order chi connectivity index (χ0) is 43.3. The second-order valence-corrected chi connectivity index (χ2v) is 16.3. The van der Waals surface area contributed by atoms with E-state index in [2.05, 4.69) is 99.0 Å². The normalized spacial score (nSPS) is 12.4. The van der Waals surface area contributed by atoms with Crippen LogP contribution in [0.1, 0.15) is 47.1 Å². The van der Waals surface area contributed by atoms with Crippen molar-refractivity contribution < 1.29 is 30.3 Å². The predicted molar refractivity (Wildman–Crippen MR) is 245 cm³/mol. The molecule has 2 aromatic heterocycles. The van der Waals surface area contributed by atoms with Gasteiger partial charge in [-0.2, -0.15) is 0 Å². The van der Waals surface area contributed by atoms with Gasteiger partial charge in [-0.15, -0.1) is 23.8 Å². The number of imidazole rings is 1. The Balaban J connectivity index is 0.00000544. The molecule has 298 valence electrons. The summed E-state index contributed by atoms with van der Waals surface area (Å²) >= 11 is 0. The summed E-state index contributed by atoms with van der Waals surface area (Å²) in [5, 5.41) is 12.0. The molecule has 0 unspecified atom stereocenters. The van der Waals surface area contributed by atoms with Gasteiger partial charge < -0.3 is 5.11 Å². The Hall–Kier alpha value is -6.35. The number of rotatable bonds is 7. The number of aryl methyl sites for hydroxylation is 3. The monoisotopic (exact) mass is 962 g/mol. The Bertz CT molecular complexity index is 3120. The molecule has 0 aliphatic carbocycles. The number of fused-ring (bicyclic) bond motifs is 1. The molecule has 7 aromatic carbocycles. The van der Waals surface area contributed by atoms with Gasteiger partial charge in [0.05, 0.1) is 22.3 Å². The Kier molecular flexibility index (Phi) is 10.0. The molecule has 0 fully saturated rings. The minimum absolute atomic E-state index is 0. The molecule has 0 aliphatic heterocycles. The van der Waals surface area contributed by atoms with Crippen molar-refractivity contribution in [1.29, 1.82) is 0 Å². The van der Waals surface area contributed by atoms with Crippen LogP contribution in [0.15, 0.2) is 164 Å². The van der Waals surface area contributed by atoms with Crippen LogP contribution in [0.25, 0.3) is 83.9 Å². The van der Waals surface area contributed by atoms with Gasteiger partial charge in [-0.1, -0.05) is 164 Å². The fraction of sp³-hybridized carbons (Fsp3) is 0.127. The van der Waals surface area contributed by atoms with Crippen molar-refractivity contribution in [2.24, 2.45) is 0 Å². The Morgan fingerprint density at radius 2 is 1.28 bits per heavy atom. The van der Waals surface area contributed by atoms with Crippen molar-refractivity contribution in [3.8, 4) is 78.6 Å². The number of para-hydroxylation sites is 1. The number of aromatic nitrogens is 3. The third-order valence-electron chi connectivity index (χ3n) is 11.1. The van der Waals surface area contributed by atoms with E-state index in [1.54, 1.807) is 12.1 Å². The first-order chi connectivity index (χ1) is 29.7. The second kappa shape index (κ2) is 16.4. The molecule has 0 bridgehead atoms. The number of aromatic hydroxyl groups is 1. The van der Waals surface area contributed by atoms with Gasteiger partial charge in [0.15, 0.2) is 0 Å². The Morgan fingerprint density at radius 1 is 0.600 bits per heavy atom. The third-order valence-corrected chi connectivity index (χ3v) is 11.1. The average molecular weight is 963 g/mol. The number of nitrogens with zero attached hydrogens (tertiary/aromatic N) is 3. The molecular weight excluding hydrogens is 914 g/mol. The summed E-state index contributed by atoms with van der Waals surface area (Å²) in [5.41, 5.74) is 14.9. The molecule has 0 aliphatic rings. The van der Waals surface area contributed by atoms with Crippen LogP contribution in [-0.4, -0.2) is 19.6 Å². The summed E-state index contributed by atoms with van der Waals surface area (Å²) in [4.78, 5) is 10.4. The third kappa shape index (κ3) is 7.76. The summed E-state index contributed by atoms with van der Waals surface area (Å²) in [6, 6.07) is 56.3. The molecule has 2 heterocycles. The summed E-state index contributed by atoms with van der Waals surface area (Å²) in [6.45, 7) is 8.15. The molecule has 0 spiro atoms. The smallest absolute Gasteiger partial charge is 0.148 e. The van der Waals surface area contributed by atoms with Crippen molar-refractivity contribution >= 4 is 11.0 Å². The van der Waals surface area contributed by atoms with Gasteiger partial charge >= 0.3 is 0 Å². The summed E-state index contributed by atoms with van der Waals surface area (Å²) in [7, 11) is 0. The molecule has 0 saturated carbocycles. The van der Waals surface area contributed by atoms with E-state index < -0.39 is 6.85 Å². The molecule has 60 heavy (non-hydrogen) atoms. The van der Waals surface area contributed by atoms with Crippen LogP contribution >= 0.6 is 0 Å². The number of hydrogen-bond donors (Lipinski definition) is 1. The fourth-order valence-electron chi connectivity index (χ4n) is 7.86. The number of hydrogen-bond acceptors (Lipinski definition) is 3. The van der Waals surface area contributed by atoms with Crippen LogP contribution in [0.4, 0.5) is 0 Å². The largest absolute Gasteiger partial charge is 0.507 e. The maximum atomic E-state index is 12.0. The van der Waals surface area contributed by atoms with Gasteiger partial charge in [-0.05, 0) is 89.8 Å². The van der Waals surface area contributed by atoms with E-state index in [-0.39, 0.29) is 37.8 Å². The maximum absolute atomic E-state index is 12.0. The molecule has 9 aromatic rings. The molecule has 0 saturated heterocycles. The zero-order valence-electron chi connectivity index (χ0n) is 37.2. The molecule has 9 rings (SSSR count). The summed E-state index contributed by atoms with van der Waals surface area (Å²) in [5.74, 6) is 0.667. The van der Waals surface area contributed by atoms with E-state index in [1.165, 1.54) is 5.56 Å². The predicted octanol–water partition coefficient (Wildman–Crippen LogP) is 14.1. The van der Waals surface area contributed by atoms with Gasteiger partial charge in [0.1, 0.15) is 11.6 Å². The van der Waals surface area contributed by atoms with E-state index in [0.29, 0.717) is 16.9 Å². The fourth-order valence-corrected chi connectivity index (χ4v) is 7.86. The number of phenolic OH excluding ortho intramolecular Hbond substituents is 1. The van der Waals surface area contributed by atoms with E-state index in [9.17, 15) is 5.11 Å². The first-order valence-corrected chi connectivity index (χ1v) is 20.0. The topological polar surface area (TPSA) is 50.9 Å². The Labute approximate surface area is 371 Å². The van der Waals surface area contributed by atoms with Crippen LogP contribution < -0.4 is 0 Å². The first-order valence-electron chi connectivity index (χ1n) is 21.5. The van der Waals surface area contributed by atoms with Crippen molar-refractivity contribution in [1.82, 2.24) is 14.5 Å². The molecule has 5 heteroatoms. The number of benzene rings is 7. The first kappa shape index (κ1) is 36.7. The minimum Gasteiger partial charge on any atom is -0.507 e. The van der Waals surface area contributed by atoms with Crippen LogP contribution in [0.2, 0.25) is 0 Å². The minimum atomic E-state index is -2.32. The summed E-state index contributed by atoms with van der Waals surface area (Å²) < 4.78 is 27.1. The quantitative estimate of drug-likeness (QED) is 0.162. The van der Waals surface area contributed by atoms with E-state index in [1.807, 2.05) is 98.0 Å². The van der Waals surface area contributed by atoms with Crippen molar-refractivity contribution in [3.63, 3.8) is 0 Å². The van der Waals surface area contributed by atoms with Gasteiger partial charge in [0.2, 0.25) is 0 Å². The zero-order valence-corrected chi connectivity index (χ0v) is 36.5. The van der Waals surface area contributed by atoms with Crippen molar-refractivity contribution in [2.75, 3.05) is 0 Å². The SMILES string of the molecule is [2H]C([2H])([2H])c1ccc(-n2c(-c3cc(C(C)(C)C)cc(C)c3O)nc3c(-c4[c-]c(-c5cc(-c6ccc(C)cc6)ccn5)cc(-c5ccccc5)c4)cccc32)c(-c2ccccc2)c1.[Pt]. The van der Waals surface area contributed by atoms with Crippen LogP contribution in [-0.2, 0) is 26.5 Å². The number of pyridine rings is 1. The maximum Gasteiger partial charge on any atom is 0.148 e. The molecule has 1 N–H and O–H groups in total. The second-order valence-electron chi connectivity index (χ2n) is 16.3. The molecule has 0 amide bonds. The van der Waals surface area contributed by atoms with Gasteiger partial charge in [-0.3, -0.25) is 9.55 Å². The van der Waals surface area contributed by atoms with Gasteiger partial charge in [-0.25, -0.2) is 4.98 Å². The standard InChI is InChI=1S/C55H46N3O.Pt/c1-35-20-23-39(24-21-35)41-26-27-56-49(33-41)44-31-42(38-14-9-7-10-15-38)30-43(32-44)46-18-13-19-51-52(46)57-54(48-34-45(55(4,5)6)29-37(3)53(48)59)58(51)50-25-22-36(2)28-47(50)40-16-11-8-12-17-40;/h7-31,33-34,59H,1-6H3;/q-1;/i2D3;. The van der Waals surface area contributed by atoms with E-state index >= 15 is 0 Å². The van der Waals surface area contributed by atoms with Crippen molar-refractivity contribution in [3.05, 3.63) is 192 Å². The molecular formula is C55H46N3OPt-. The summed E-state index contributed by atoms with van der Waals surface area (Å²) in [6.07, 6.45) is 1.85. The van der Waals surface area contributed by atoms with Crippen LogP contribution in [0.3, 0.4) is 0 Å². The Morgan fingerprint density at radius 3 is 2.00 bits per heavy atom. The van der Waals surface area contributed by atoms with E-state index in [4.69, 9.17) is 14.1 Å². The molecule has 4 nitrogen and oxygen atoms in total.